The molecule has 2 aliphatic heterocycles. The topological polar surface area (TPSA) is 86.8 Å². The number of rotatable bonds is 5. The van der Waals surface area contributed by atoms with Crippen LogP contribution >= 0.6 is 11.8 Å². The molecule has 1 saturated carbocycles. The summed E-state index contributed by atoms with van der Waals surface area (Å²) in [5.74, 6) is 0.320. The zero-order valence-electron chi connectivity index (χ0n) is 17.3. The van der Waals surface area contributed by atoms with Crippen LogP contribution in [-0.4, -0.2) is 56.0 Å². The molecule has 164 valence electrons. The van der Waals surface area contributed by atoms with Crippen molar-refractivity contribution in [2.75, 3.05) is 30.3 Å². The summed E-state index contributed by atoms with van der Waals surface area (Å²) >= 11 is 1.38. The molecular formula is C21H29N3O4S2. The van der Waals surface area contributed by atoms with E-state index in [1.54, 1.807) is 18.2 Å². The van der Waals surface area contributed by atoms with Crippen LogP contribution in [0.5, 0.6) is 0 Å². The highest BCUT2D eigenvalue weighted by atomic mass is 32.2. The molecule has 2 atom stereocenters. The first kappa shape index (κ1) is 21.6. The zero-order chi connectivity index (χ0) is 21.3. The number of amides is 2. The molecule has 1 aliphatic carbocycles. The highest BCUT2D eigenvalue weighted by Crippen LogP contribution is 2.37. The minimum Gasteiger partial charge on any atom is -0.352 e. The molecule has 2 heterocycles. The zero-order valence-corrected chi connectivity index (χ0v) is 18.9. The number of fused-ring (bicyclic) bond motifs is 1. The van der Waals surface area contributed by atoms with Crippen LogP contribution in [0, 0.1) is 5.92 Å². The molecule has 4 rings (SSSR count). The van der Waals surface area contributed by atoms with E-state index < -0.39 is 10.0 Å². The lowest BCUT2D eigenvalue weighted by molar-refractivity contribution is -0.123. The Labute approximate surface area is 182 Å². The second kappa shape index (κ2) is 8.88. The van der Waals surface area contributed by atoms with Crippen LogP contribution in [0.3, 0.4) is 0 Å². The minimum atomic E-state index is -3.59. The van der Waals surface area contributed by atoms with Gasteiger partial charge in [0.05, 0.1) is 16.3 Å². The summed E-state index contributed by atoms with van der Waals surface area (Å²) < 4.78 is 27.4. The van der Waals surface area contributed by atoms with E-state index in [1.165, 1.54) is 27.4 Å². The third kappa shape index (κ3) is 4.38. The maximum Gasteiger partial charge on any atom is 0.243 e. The van der Waals surface area contributed by atoms with Gasteiger partial charge in [0.1, 0.15) is 6.54 Å². The van der Waals surface area contributed by atoms with Crippen molar-refractivity contribution in [1.29, 1.82) is 0 Å². The Balaban J connectivity index is 1.55. The maximum absolute atomic E-state index is 13.0. The van der Waals surface area contributed by atoms with E-state index in [4.69, 9.17) is 0 Å². The lowest BCUT2D eigenvalue weighted by Gasteiger charge is -2.32. The van der Waals surface area contributed by atoms with Crippen LogP contribution in [0.4, 0.5) is 5.69 Å². The average molecular weight is 452 g/mol. The summed E-state index contributed by atoms with van der Waals surface area (Å²) in [6.45, 7) is 3.12. The Bertz CT molecular complexity index is 928. The molecule has 9 heteroatoms. The predicted molar refractivity (Wildman–Crippen MR) is 117 cm³/mol. The van der Waals surface area contributed by atoms with Gasteiger partial charge in [0.15, 0.2) is 0 Å². The molecule has 2 amide bonds. The van der Waals surface area contributed by atoms with Gasteiger partial charge in [-0.15, -0.1) is 11.8 Å². The third-order valence-electron chi connectivity index (χ3n) is 6.34. The lowest BCUT2D eigenvalue weighted by Crippen LogP contribution is -2.48. The second-order valence-electron chi connectivity index (χ2n) is 8.45. The first-order valence-corrected chi connectivity index (χ1v) is 13.2. The largest absolute Gasteiger partial charge is 0.352 e. The molecular weight excluding hydrogens is 422 g/mol. The average Bonchev–Trinajstić information content (AvgIpc) is 3.27. The van der Waals surface area contributed by atoms with E-state index in [2.05, 4.69) is 12.2 Å². The fourth-order valence-electron chi connectivity index (χ4n) is 4.52. The molecule has 3 aliphatic rings. The van der Waals surface area contributed by atoms with E-state index in [9.17, 15) is 18.0 Å². The van der Waals surface area contributed by atoms with E-state index in [1.807, 2.05) is 0 Å². The Morgan fingerprint density at radius 2 is 1.90 bits per heavy atom. The minimum absolute atomic E-state index is 0.0805. The van der Waals surface area contributed by atoms with Gasteiger partial charge in [0.25, 0.3) is 0 Å². The molecule has 0 bridgehead atoms. The van der Waals surface area contributed by atoms with Crippen molar-refractivity contribution in [2.24, 2.45) is 5.92 Å². The molecule has 7 nitrogen and oxygen atoms in total. The Kier molecular flexibility index (Phi) is 6.41. The highest BCUT2D eigenvalue weighted by molar-refractivity contribution is 8.00. The summed E-state index contributed by atoms with van der Waals surface area (Å²) in [4.78, 5) is 27.8. The van der Waals surface area contributed by atoms with Gasteiger partial charge in [-0.1, -0.05) is 19.8 Å². The summed E-state index contributed by atoms with van der Waals surface area (Å²) in [7, 11) is -3.59. The van der Waals surface area contributed by atoms with Crippen LogP contribution in [0.25, 0.3) is 0 Å². The molecule has 0 unspecified atom stereocenters. The van der Waals surface area contributed by atoms with Crippen molar-refractivity contribution in [1.82, 2.24) is 9.62 Å². The van der Waals surface area contributed by atoms with Crippen LogP contribution in [0.1, 0.15) is 45.4 Å². The number of anilines is 1. The molecule has 0 spiro atoms. The van der Waals surface area contributed by atoms with Crippen molar-refractivity contribution >= 4 is 39.3 Å². The fourth-order valence-corrected chi connectivity index (χ4v) is 6.97. The summed E-state index contributed by atoms with van der Waals surface area (Å²) in [6, 6.07) is 5.06. The van der Waals surface area contributed by atoms with Gasteiger partial charge in [-0.2, -0.15) is 4.31 Å². The first-order valence-electron chi connectivity index (χ1n) is 10.7. The molecule has 30 heavy (non-hydrogen) atoms. The molecule has 0 radical (unpaired) electrons. The number of thioether (sulfide) groups is 1. The number of carbonyl (C=O) groups is 2. The number of hydrogen-bond acceptors (Lipinski definition) is 5. The number of sulfonamides is 1. The fraction of sp³-hybridized carbons (Fsp3) is 0.619. The number of carbonyl (C=O) groups excluding carboxylic acids is 2. The monoisotopic (exact) mass is 451 g/mol. The summed E-state index contributed by atoms with van der Waals surface area (Å²) in [5, 5.41) is 3.09. The number of nitrogens with zero attached hydrogens (tertiary/aromatic N) is 2. The summed E-state index contributed by atoms with van der Waals surface area (Å²) in [5.41, 5.74) is 0.517. The quantitative estimate of drug-likeness (QED) is 0.744. The van der Waals surface area contributed by atoms with Gasteiger partial charge in [-0.05, 0) is 49.8 Å². The van der Waals surface area contributed by atoms with Crippen LogP contribution in [0.2, 0.25) is 0 Å². The van der Waals surface area contributed by atoms with Crippen molar-refractivity contribution in [3.63, 3.8) is 0 Å². The molecule has 1 aromatic rings. The van der Waals surface area contributed by atoms with Crippen LogP contribution < -0.4 is 10.2 Å². The number of benzene rings is 1. The highest BCUT2D eigenvalue weighted by Gasteiger charge is 2.32. The van der Waals surface area contributed by atoms with Crippen molar-refractivity contribution in [2.45, 2.75) is 61.3 Å². The predicted octanol–water partition coefficient (Wildman–Crippen LogP) is 2.60. The normalized spacial score (nSPS) is 25.2. The summed E-state index contributed by atoms with van der Waals surface area (Å²) in [6.07, 6.45) is 6.09. The molecule has 0 aromatic heterocycles. The van der Waals surface area contributed by atoms with Gasteiger partial charge in [0, 0.05) is 24.0 Å². The SMILES string of the molecule is C[C@H]1CCCC[C@H]1NC(=O)CN1C(=O)CSc2ccc(S(=O)(=O)N3CCCC3)cc21. The van der Waals surface area contributed by atoms with Gasteiger partial charge >= 0.3 is 0 Å². The molecule has 2 fully saturated rings. The van der Waals surface area contributed by atoms with E-state index in [-0.39, 0.29) is 35.0 Å². The molecule has 1 saturated heterocycles. The van der Waals surface area contributed by atoms with Crippen molar-refractivity contribution in [3.05, 3.63) is 18.2 Å². The smallest absolute Gasteiger partial charge is 0.243 e. The Hall–Kier alpha value is -1.58. The molecule has 1 aromatic carbocycles. The van der Waals surface area contributed by atoms with Gasteiger partial charge in [-0.3, -0.25) is 9.59 Å². The van der Waals surface area contributed by atoms with E-state index in [0.29, 0.717) is 24.7 Å². The van der Waals surface area contributed by atoms with Gasteiger partial charge in [-0.25, -0.2) is 8.42 Å². The number of hydrogen-bond donors (Lipinski definition) is 1. The van der Waals surface area contributed by atoms with Crippen LogP contribution in [-0.2, 0) is 19.6 Å². The third-order valence-corrected chi connectivity index (χ3v) is 9.28. The number of nitrogens with one attached hydrogen (secondary N) is 1. The maximum atomic E-state index is 13.0. The van der Waals surface area contributed by atoms with Crippen molar-refractivity contribution < 1.29 is 18.0 Å². The van der Waals surface area contributed by atoms with Gasteiger partial charge in [0.2, 0.25) is 21.8 Å². The van der Waals surface area contributed by atoms with Gasteiger partial charge < -0.3 is 10.2 Å². The molecule has 1 N–H and O–H groups in total. The second-order valence-corrected chi connectivity index (χ2v) is 11.4. The van der Waals surface area contributed by atoms with Crippen LogP contribution in [0.15, 0.2) is 28.0 Å². The Morgan fingerprint density at radius 3 is 2.63 bits per heavy atom. The van der Waals surface area contributed by atoms with E-state index >= 15 is 0 Å². The van der Waals surface area contributed by atoms with E-state index in [0.717, 1.165) is 37.0 Å². The standard InChI is InChI=1S/C21H29N3O4S2/c1-15-6-2-3-7-17(15)22-20(25)13-24-18-12-16(8-9-19(18)29-14-21(24)26)30(27,28)23-10-4-5-11-23/h8-9,12,15,17H,2-7,10-11,13-14H2,1H3,(H,22,25)/t15-,17+/m0/s1. The first-order chi connectivity index (χ1) is 14.4. The van der Waals surface area contributed by atoms with Crippen molar-refractivity contribution in [3.8, 4) is 0 Å². The Morgan fingerprint density at radius 1 is 1.17 bits per heavy atom. The lowest BCUT2D eigenvalue weighted by atomic mass is 9.86.